The Morgan fingerprint density at radius 2 is 1.95 bits per heavy atom. The third-order valence-corrected chi connectivity index (χ3v) is 3.03. The Morgan fingerprint density at radius 1 is 1.20 bits per heavy atom. The Hall–Kier alpha value is -2.14. The van der Waals surface area contributed by atoms with Crippen LogP contribution in [-0.2, 0) is 11.2 Å². The molecule has 0 aliphatic carbocycles. The zero-order valence-corrected chi connectivity index (χ0v) is 11.0. The van der Waals surface area contributed by atoms with E-state index in [0.29, 0.717) is 5.69 Å². The van der Waals surface area contributed by atoms with Gasteiger partial charge in [0.15, 0.2) is 0 Å². The molecule has 0 spiro atoms. The largest absolute Gasteiger partial charge is 0.396 e. The Balaban J connectivity index is 2.11. The summed E-state index contributed by atoms with van der Waals surface area (Å²) in [5, 5.41) is 2.68. The smallest absolute Gasteiger partial charge is 0.228 e. The molecule has 0 fully saturated rings. The molecule has 1 amide bonds. The predicted molar refractivity (Wildman–Crippen MR) is 74.6 cm³/mol. The highest BCUT2D eigenvalue weighted by molar-refractivity contribution is 6.31. The highest BCUT2D eigenvalue weighted by Crippen LogP contribution is 2.21. The minimum Gasteiger partial charge on any atom is -0.396 e. The predicted octanol–water partition coefficient (Wildman–Crippen LogP) is 3.38. The quantitative estimate of drug-likeness (QED) is 0.853. The fourth-order valence-electron chi connectivity index (χ4n) is 1.69. The van der Waals surface area contributed by atoms with Gasteiger partial charge in [0.25, 0.3) is 0 Å². The van der Waals surface area contributed by atoms with E-state index in [1.807, 2.05) is 0 Å². The van der Waals surface area contributed by atoms with Crippen LogP contribution in [0.3, 0.4) is 0 Å². The van der Waals surface area contributed by atoms with Crippen molar-refractivity contribution in [2.24, 2.45) is 0 Å². The SMILES string of the molecule is Nc1cc(NC(=O)Cc2c(F)cccc2Cl)ccc1F. The number of amides is 1. The standard InChI is InChI=1S/C14H11ClF2N2O/c15-10-2-1-3-11(16)9(10)7-14(20)19-8-4-5-12(17)13(18)6-8/h1-6H,7,18H2,(H,19,20). The third-order valence-electron chi connectivity index (χ3n) is 2.68. The first kappa shape index (κ1) is 14.3. The lowest BCUT2D eigenvalue weighted by atomic mass is 10.1. The summed E-state index contributed by atoms with van der Waals surface area (Å²) in [6.45, 7) is 0. The van der Waals surface area contributed by atoms with Gasteiger partial charge in [-0.15, -0.1) is 0 Å². The van der Waals surface area contributed by atoms with Gasteiger partial charge < -0.3 is 11.1 Å². The monoisotopic (exact) mass is 296 g/mol. The first-order chi connectivity index (χ1) is 9.47. The van der Waals surface area contributed by atoms with Crippen LogP contribution in [0.4, 0.5) is 20.2 Å². The number of halogens is 3. The van der Waals surface area contributed by atoms with Gasteiger partial charge in [-0.05, 0) is 30.3 Å². The number of carbonyl (C=O) groups excluding carboxylic acids is 1. The highest BCUT2D eigenvalue weighted by atomic mass is 35.5. The van der Waals surface area contributed by atoms with Crippen LogP contribution >= 0.6 is 11.6 Å². The Morgan fingerprint density at radius 3 is 2.60 bits per heavy atom. The summed E-state index contributed by atoms with van der Waals surface area (Å²) < 4.78 is 26.5. The molecule has 2 aromatic carbocycles. The van der Waals surface area contributed by atoms with E-state index in [4.69, 9.17) is 17.3 Å². The number of nitrogens with one attached hydrogen (secondary N) is 1. The molecule has 2 rings (SSSR count). The second-order valence-corrected chi connectivity index (χ2v) is 4.57. The lowest BCUT2D eigenvalue weighted by Crippen LogP contribution is -2.15. The topological polar surface area (TPSA) is 55.1 Å². The summed E-state index contributed by atoms with van der Waals surface area (Å²) in [4.78, 5) is 11.8. The third kappa shape index (κ3) is 3.24. The van der Waals surface area contributed by atoms with E-state index in [-0.39, 0.29) is 22.7 Å². The van der Waals surface area contributed by atoms with Gasteiger partial charge in [0.05, 0.1) is 12.1 Å². The molecule has 2 aromatic rings. The van der Waals surface area contributed by atoms with Crippen LogP contribution in [0, 0.1) is 11.6 Å². The number of anilines is 2. The lowest BCUT2D eigenvalue weighted by molar-refractivity contribution is -0.115. The summed E-state index contributed by atoms with van der Waals surface area (Å²) in [6, 6.07) is 7.98. The molecular weight excluding hydrogens is 286 g/mol. The maximum absolute atomic E-state index is 13.5. The van der Waals surface area contributed by atoms with Gasteiger partial charge >= 0.3 is 0 Å². The number of nitrogens with two attached hydrogens (primary N) is 1. The molecule has 104 valence electrons. The van der Waals surface area contributed by atoms with Gasteiger partial charge in [-0.1, -0.05) is 17.7 Å². The number of benzene rings is 2. The molecule has 0 aliphatic heterocycles. The highest BCUT2D eigenvalue weighted by Gasteiger charge is 2.12. The van der Waals surface area contributed by atoms with E-state index >= 15 is 0 Å². The molecule has 0 heterocycles. The number of carbonyl (C=O) groups is 1. The molecule has 0 saturated carbocycles. The summed E-state index contributed by atoms with van der Waals surface area (Å²) in [6.07, 6.45) is -0.219. The van der Waals surface area contributed by atoms with Crippen molar-refractivity contribution < 1.29 is 13.6 Å². The number of hydrogen-bond acceptors (Lipinski definition) is 2. The molecule has 0 unspecified atom stereocenters. The van der Waals surface area contributed by atoms with Crippen molar-refractivity contribution in [2.75, 3.05) is 11.1 Å². The van der Waals surface area contributed by atoms with Crippen LogP contribution < -0.4 is 11.1 Å². The first-order valence-electron chi connectivity index (χ1n) is 5.75. The maximum Gasteiger partial charge on any atom is 0.228 e. The minimum absolute atomic E-state index is 0.0771. The van der Waals surface area contributed by atoms with Crippen molar-refractivity contribution in [1.82, 2.24) is 0 Å². The average molecular weight is 297 g/mol. The molecule has 0 bridgehead atoms. The zero-order valence-electron chi connectivity index (χ0n) is 10.3. The van der Waals surface area contributed by atoms with E-state index in [2.05, 4.69) is 5.32 Å². The fraction of sp³-hybridized carbons (Fsp3) is 0.0714. The van der Waals surface area contributed by atoms with Crippen molar-refractivity contribution in [2.45, 2.75) is 6.42 Å². The van der Waals surface area contributed by atoms with Crippen LogP contribution in [0.1, 0.15) is 5.56 Å². The molecule has 0 radical (unpaired) electrons. The first-order valence-corrected chi connectivity index (χ1v) is 6.13. The van der Waals surface area contributed by atoms with Crippen molar-refractivity contribution in [3.63, 3.8) is 0 Å². The summed E-state index contributed by atoms with van der Waals surface area (Å²) in [7, 11) is 0. The second kappa shape index (κ2) is 5.88. The Kier molecular flexibility index (Phi) is 4.20. The van der Waals surface area contributed by atoms with E-state index < -0.39 is 17.5 Å². The summed E-state index contributed by atoms with van der Waals surface area (Å²) in [5.74, 6) is -1.59. The number of nitrogen functional groups attached to an aromatic ring is 1. The molecule has 0 atom stereocenters. The maximum atomic E-state index is 13.5. The zero-order chi connectivity index (χ0) is 14.7. The van der Waals surface area contributed by atoms with Crippen LogP contribution in [0.5, 0.6) is 0 Å². The molecule has 0 saturated heterocycles. The molecule has 3 nitrogen and oxygen atoms in total. The van der Waals surface area contributed by atoms with Crippen LogP contribution in [0.25, 0.3) is 0 Å². The van der Waals surface area contributed by atoms with Gasteiger partial charge in [0.1, 0.15) is 11.6 Å². The van der Waals surface area contributed by atoms with E-state index in [9.17, 15) is 13.6 Å². The molecule has 0 aliphatic rings. The molecule has 6 heteroatoms. The van der Waals surface area contributed by atoms with E-state index in [1.54, 1.807) is 0 Å². The van der Waals surface area contributed by atoms with Crippen molar-refractivity contribution in [3.8, 4) is 0 Å². The van der Waals surface area contributed by atoms with Gasteiger partial charge in [-0.25, -0.2) is 8.78 Å². The Labute approximate surface area is 119 Å². The fourth-order valence-corrected chi connectivity index (χ4v) is 1.92. The summed E-state index contributed by atoms with van der Waals surface area (Å²) >= 11 is 5.83. The van der Waals surface area contributed by atoms with E-state index in [0.717, 1.165) is 6.07 Å². The van der Waals surface area contributed by atoms with Crippen LogP contribution in [0.2, 0.25) is 5.02 Å². The number of hydrogen-bond donors (Lipinski definition) is 2. The summed E-state index contributed by atoms with van der Waals surface area (Å²) in [5.41, 5.74) is 5.76. The molecule has 0 aromatic heterocycles. The van der Waals surface area contributed by atoms with Gasteiger partial charge in [-0.2, -0.15) is 0 Å². The van der Waals surface area contributed by atoms with Gasteiger partial charge in [0.2, 0.25) is 5.91 Å². The molecular formula is C14H11ClF2N2O. The normalized spacial score (nSPS) is 10.3. The van der Waals surface area contributed by atoms with Crippen molar-refractivity contribution >= 4 is 28.9 Å². The number of rotatable bonds is 3. The lowest BCUT2D eigenvalue weighted by Gasteiger charge is -2.08. The minimum atomic E-state index is -0.569. The Bertz CT molecular complexity index is 641. The second-order valence-electron chi connectivity index (χ2n) is 4.16. The van der Waals surface area contributed by atoms with Crippen molar-refractivity contribution in [3.05, 3.63) is 58.6 Å². The molecule has 3 N–H and O–H groups in total. The van der Waals surface area contributed by atoms with Crippen molar-refractivity contribution in [1.29, 1.82) is 0 Å². The van der Waals surface area contributed by atoms with Crippen LogP contribution in [0.15, 0.2) is 36.4 Å². The van der Waals surface area contributed by atoms with Gasteiger partial charge in [0, 0.05) is 16.3 Å². The average Bonchev–Trinajstić information content (AvgIpc) is 2.38. The van der Waals surface area contributed by atoms with Gasteiger partial charge in [-0.3, -0.25) is 4.79 Å². The van der Waals surface area contributed by atoms with E-state index in [1.165, 1.54) is 30.3 Å². The molecule has 20 heavy (non-hydrogen) atoms. The van der Waals surface area contributed by atoms with Crippen LogP contribution in [-0.4, -0.2) is 5.91 Å².